The van der Waals surface area contributed by atoms with Crippen molar-refractivity contribution in [2.75, 3.05) is 26.7 Å². The minimum absolute atomic E-state index is 0.00620. The second-order valence-electron chi connectivity index (χ2n) is 6.35. The van der Waals surface area contributed by atoms with Gasteiger partial charge >= 0.3 is 5.97 Å². The first-order valence-electron chi connectivity index (χ1n) is 8.36. The van der Waals surface area contributed by atoms with Gasteiger partial charge < -0.3 is 5.11 Å². The summed E-state index contributed by atoms with van der Waals surface area (Å²) < 4.78 is 27.3. The van der Waals surface area contributed by atoms with E-state index < -0.39 is 20.9 Å². The fourth-order valence-corrected chi connectivity index (χ4v) is 4.98. The van der Waals surface area contributed by atoms with E-state index in [0.29, 0.717) is 24.8 Å². The number of carbonyl (C=O) groups is 1. The summed E-state index contributed by atoms with van der Waals surface area (Å²) in [6.45, 7) is 2.21. The van der Waals surface area contributed by atoms with Crippen molar-refractivity contribution in [1.82, 2.24) is 9.21 Å². The number of hydrogen-bond acceptors (Lipinski definition) is 6. The van der Waals surface area contributed by atoms with E-state index in [9.17, 15) is 23.3 Å². The standard InChI is InChI=1S/C16H23N3O6S/c1-3-12-4-5-14(19(22)23)10-15(12)26(24,25)18-8-6-13(7-9-18)17(2)11-16(20)21/h4-5,10,13H,3,6-9,11H2,1-2H3,(H,20,21). The molecule has 1 aliphatic heterocycles. The number of benzene rings is 1. The number of carboxylic acid groups (broad SMARTS) is 1. The third-order valence-electron chi connectivity index (χ3n) is 4.69. The second kappa shape index (κ2) is 8.11. The molecule has 10 heteroatoms. The molecule has 1 fully saturated rings. The Hall–Kier alpha value is -2.04. The van der Waals surface area contributed by atoms with Crippen molar-refractivity contribution in [3.8, 4) is 0 Å². The van der Waals surface area contributed by atoms with E-state index in [1.165, 1.54) is 16.4 Å². The molecule has 0 amide bonds. The lowest BCUT2D eigenvalue weighted by Crippen LogP contribution is -2.46. The Kier molecular flexibility index (Phi) is 6.32. The highest BCUT2D eigenvalue weighted by atomic mass is 32.2. The zero-order chi connectivity index (χ0) is 19.5. The molecule has 26 heavy (non-hydrogen) atoms. The van der Waals surface area contributed by atoms with Gasteiger partial charge in [-0.25, -0.2) is 8.42 Å². The Morgan fingerprint density at radius 1 is 1.38 bits per heavy atom. The Balaban J connectivity index is 2.20. The minimum Gasteiger partial charge on any atom is -0.480 e. The van der Waals surface area contributed by atoms with Crippen molar-refractivity contribution < 1.29 is 23.2 Å². The average molecular weight is 385 g/mol. The third kappa shape index (κ3) is 4.37. The van der Waals surface area contributed by atoms with E-state index in [1.54, 1.807) is 18.9 Å². The zero-order valence-electron chi connectivity index (χ0n) is 14.8. The predicted octanol–water partition coefficient (Wildman–Crippen LogP) is 1.33. The van der Waals surface area contributed by atoms with E-state index >= 15 is 0 Å². The Morgan fingerprint density at radius 3 is 2.50 bits per heavy atom. The number of non-ortho nitro benzene ring substituents is 1. The van der Waals surface area contributed by atoms with Crippen LogP contribution in [0.15, 0.2) is 23.1 Å². The molecule has 0 aliphatic carbocycles. The van der Waals surface area contributed by atoms with Crippen molar-refractivity contribution >= 4 is 21.7 Å². The van der Waals surface area contributed by atoms with Crippen LogP contribution in [0.1, 0.15) is 25.3 Å². The number of rotatable bonds is 7. The normalized spacial score (nSPS) is 16.7. The molecule has 0 unspecified atom stereocenters. The molecule has 1 N–H and O–H groups in total. The molecule has 0 atom stereocenters. The van der Waals surface area contributed by atoms with Crippen LogP contribution >= 0.6 is 0 Å². The van der Waals surface area contributed by atoms with E-state index in [2.05, 4.69) is 0 Å². The van der Waals surface area contributed by atoms with Gasteiger partial charge in [-0.15, -0.1) is 0 Å². The quantitative estimate of drug-likeness (QED) is 0.555. The van der Waals surface area contributed by atoms with Gasteiger partial charge in [0.05, 0.1) is 16.4 Å². The molecule has 1 heterocycles. The minimum atomic E-state index is -3.84. The fourth-order valence-electron chi connectivity index (χ4n) is 3.19. The molecule has 144 valence electrons. The summed E-state index contributed by atoms with van der Waals surface area (Å²) in [7, 11) is -2.13. The van der Waals surface area contributed by atoms with Crippen LogP contribution in [-0.2, 0) is 21.2 Å². The summed E-state index contributed by atoms with van der Waals surface area (Å²) in [5.74, 6) is -0.924. The maximum Gasteiger partial charge on any atom is 0.317 e. The molecule has 1 aliphatic rings. The smallest absolute Gasteiger partial charge is 0.317 e. The lowest BCUT2D eigenvalue weighted by atomic mass is 10.1. The number of nitro groups is 1. The van der Waals surface area contributed by atoms with Crippen LogP contribution < -0.4 is 0 Å². The maximum atomic E-state index is 13.0. The number of piperidine rings is 1. The molecule has 0 saturated carbocycles. The van der Waals surface area contributed by atoms with Gasteiger partial charge in [-0.2, -0.15) is 4.31 Å². The van der Waals surface area contributed by atoms with E-state index in [1.807, 2.05) is 0 Å². The van der Waals surface area contributed by atoms with Crippen molar-refractivity contribution in [2.45, 2.75) is 37.1 Å². The molecule has 1 aromatic rings. The van der Waals surface area contributed by atoms with E-state index in [-0.39, 0.29) is 36.3 Å². The van der Waals surface area contributed by atoms with Gasteiger partial charge in [0.15, 0.2) is 0 Å². The van der Waals surface area contributed by atoms with Crippen LogP contribution in [0, 0.1) is 10.1 Å². The molecule has 0 bridgehead atoms. The predicted molar refractivity (Wildman–Crippen MR) is 94.5 cm³/mol. The van der Waals surface area contributed by atoms with Gasteiger partial charge in [0.1, 0.15) is 0 Å². The van der Waals surface area contributed by atoms with Gasteiger partial charge in [-0.1, -0.05) is 13.0 Å². The number of aliphatic carboxylic acids is 1. The van der Waals surface area contributed by atoms with Crippen LogP contribution in [0.2, 0.25) is 0 Å². The molecule has 0 radical (unpaired) electrons. The first-order chi connectivity index (χ1) is 12.2. The van der Waals surface area contributed by atoms with Crippen LogP contribution in [0.5, 0.6) is 0 Å². The van der Waals surface area contributed by atoms with Crippen molar-refractivity contribution in [1.29, 1.82) is 0 Å². The van der Waals surface area contributed by atoms with Crippen molar-refractivity contribution in [3.63, 3.8) is 0 Å². The molecule has 1 aromatic carbocycles. The maximum absolute atomic E-state index is 13.0. The van der Waals surface area contributed by atoms with E-state index in [4.69, 9.17) is 5.11 Å². The monoisotopic (exact) mass is 385 g/mol. The van der Waals surface area contributed by atoms with Crippen LogP contribution in [0.25, 0.3) is 0 Å². The Labute approximate surface area is 152 Å². The highest BCUT2D eigenvalue weighted by Crippen LogP contribution is 2.28. The molecule has 2 rings (SSSR count). The summed E-state index contributed by atoms with van der Waals surface area (Å²) in [4.78, 5) is 22.9. The number of aryl methyl sites for hydroxylation is 1. The van der Waals surface area contributed by atoms with Gasteiger partial charge in [-0.05, 0) is 31.9 Å². The highest BCUT2D eigenvalue weighted by molar-refractivity contribution is 7.89. The van der Waals surface area contributed by atoms with Crippen molar-refractivity contribution in [3.05, 3.63) is 33.9 Å². The molecule has 1 saturated heterocycles. The number of nitrogens with zero attached hydrogens (tertiary/aromatic N) is 3. The average Bonchev–Trinajstić information content (AvgIpc) is 2.60. The topological polar surface area (TPSA) is 121 Å². The van der Waals surface area contributed by atoms with Gasteiger partial charge in [0.25, 0.3) is 5.69 Å². The van der Waals surface area contributed by atoms with Crippen LogP contribution in [0.4, 0.5) is 5.69 Å². The number of likely N-dealkylation sites (N-methyl/N-ethyl adjacent to an activating group) is 1. The Bertz CT molecular complexity index is 787. The lowest BCUT2D eigenvalue weighted by Gasteiger charge is -2.35. The van der Waals surface area contributed by atoms with Gasteiger partial charge in [0, 0.05) is 31.3 Å². The molecular weight excluding hydrogens is 362 g/mol. The number of nitro benzene ring substituents is 1. The first-order valence-corrected chi connectivity index (χ1v) is 9.80. The number of hydrogen-bond donors (Lipinski definition) is 1. The zero-order valence-corrected chi connectivity index (χ0v) is 15.6. The Morgan fingerprint density at radius 2 is 2.00 bits per heavy atom. The van der Waals surface area contributed by atoms with Crippen molar-refractivity contribution in [2.24, 2.45) is 0 Å². The van der Waals surface area contributed by atoms with E-state index in [0.717, 1.165) is 6.07 Å². The summed E-state index contributed by atoms with van der Waals surface area (Å²) in [5, 5.41) is 19.9. The summed E-state index contributed by atoms with van der Waals surface area (Å²) in [6.07, 6.45) is 1.48. The van der Waals surface area contributed by atoms with Crippen LogP contribution in [0.3, 0.4) is 0 Å². The molecular formula is C16H23N3O6S. The van der Waals surface area contributed by atoms with Crippen LogP contribution in [-0.4, -0.2) is 66.3 Å². The molecule has 0 spiro atoms. The molecule has 9 nitrogen and oxygen atoms in total. The largest absolute Gasteiger partial charge is 0.480 e. The van der Waals surface area contributed by atoms with Gasteiger partial charge in [-0.3, -0.25) is 19.8 Å². The highest BCUT2D eigenvalue weighted by Gasteiger charge is 2.33. The number of carboxylic acids is 1. The number of sulfonamides is 1. The lowest BCUT2D eigenvalue weighted by molar-refractivity contribution is -0.385. The molecule has 0 aromatic heterocycles. The first kappa shape index (κ1) is 20.3. The summed E-state index contributed by atoms with van der Waals surface area (Å²) >= 11 is 0. The second-order valence-corrected chi connectivity index (χ2v) is 8.25. The summed E-state index contributed by atoms with van der Waals surface area (Å²) in [6, 6.07) is 3.91. The summed E-state index contributed by atoms with van der Waals surface area (Å²) in [5.41, 5.74) is 0.289. The van der Waals surface area contributed by atoms with Gasteiger partial charge in [0.2, 0.25) is 10.0 Å². The SMILES string of the molecule is CCc1ccc([N+](=O)[O-])cc1S(=O)(=O)N1CCC(N(C)CC(=O)O)CC1. The third-order valence-corrected chi connectivity index (χ3v) is 6.67. The fraction of sp³-hybridized carbons (Fsp3) is 0.562.